The van der Waals surface area contributed by atoms with Crippen molar-refractivity contribution in [2.24, 2.45) is 12.0 Å². The Hall–Kier alpha value is -3.18. The van der Waals surface area contributed by atoms with E-state index in [4.69, 9.17) is 4.84 Å². The molecule has 1 heterocycles. The van der Waals surface area contributed by atoms with Crippen LogP contribution in [-0.4, -0.2) is 21.4 Å². The van der Waals surface area contributed by atoms with E-state index in [1.165, 1.54) is 5.48 Å². The maximum absolute atomic E-state index is 13.3. The summed E-state index contributed by atoms with van der Waals surface area (Å²) in [5.41, 5.74) is -1.12. The first-order valence-electron chi connectivity index (χ1n) is 10.7. The minimum absolute atomic E-state index is 0.201. The predicted molar refractivity (Wildman–Crippen MR) is 117 cm³/mol. The van der Waals surface area contributed by atoms with E-state index in [1.54, 1.807) is 17.8 Å². The molecule has 1 aromatic carbocycles. The second-order valence-corrected chi connectivity index (χ2v) is 8.94. The van der Waals surface area contributed by atoms with Crippen molar-refractivity contribution in [3.63, 3.8) is 0 Å². The number of halogens is 6. The van der Waals surface area contributed by atoms with Gasteiger partial charge in [-0.1, -0.05) is 40.7 Å². The maximum Gasteiger partial charge on any atom is 0.433 e. The van der Waals surface area contributed by atoms with Gasteiger partial charge in [-0.25, -0.2) is 5.48 Å². The fourth-order valence-corrected chi connectivity index (χ4v) is 3.24. The van der Waals surface area contributed by atoms with Gasteiger partial charge < -0.3 is 4.84 Å². The van der Waals surface area contributed by atoms with Crippen LogP contribution >= 0.6 is 0 Å². The molecular formula is C23H28F6N4O2. The lowest BCUT2D eigenvalue weighted by Crippen LogP contribution is -2.29. The Morgan fingerprint density at radius 2 is 1.74 bits per heavy atom. The highest BCUT2D eigenvalue weighted by Gasteiger charge is 2.34. The zero-order valence-corrected chi connectivity index (χ0v) is 20.1. The molecule has 12 heteroatoms. The van der Waals surface area contributed by atoms with Crippen LogP contribution in [-0.2, 0) is 25.2 Å². The molecule has 0 aliphatic rings. The molecule has 0 spiro atoms. The molecule has 0 saturated carbocycles. The first-order valence-corrected chi connectivity index (χ1v) is 10.7. The lowest BCUT2D eigenvalue weighted by molar-refractivity contribution is -0.137. The van der Waals surface area contributed by atoms with Gasteiger partial charge in [-0.15, -0.1) is 0 Å². The average Bonchev–Trinajstić information content (AvgIpc) is 3.04. The molecular weight excluding hydrogens is 478 g/mol. The average molecular weight is 506 g/mol. The molecule has 6 nitrogen and oxygen atoms in total. The lowest BCUT2D eigenvalue weighted by atomic mass is 9.92. The van der Waals surface area contributed by atoms with E-state index in [9.17, 15) is 31.1 Å². The van der Waals surface area contributed by atoms with Crippen LogP contribution in [0.2, 0.25) is 0 Å². The van der Waals surface area contributed by atoms with E-state index < -0.39 is 40.8 Å². The van der Waals surface area contributed by atoms with Crippen LogP contribution in [0.5, 0.6) is 5.75 Å². The molecule has 2 aromatic rings. The standard InChI is InChI=1S/C23H28F6N4O2/c1-7-8-11-33-19(13-18(32(33)6)21(3,4)5)30-20(34)16-12-15(23(27,28)29)9-10-17(16)35-31-14(2)22(24,25)26/h9-10,12-13,31H,2,7-8,11H2,1,3-6H3. The number of unbranched alkanes of at least 4 members (excludes halogenated alkanes) is 1. The molecule has 1 N–H and O–H groups in total. The number of rotatable bonds is 7. The number of hydrogen-bond acceptors (Lipinski definition) is 3. The summed E-state index contributed by atoms with van der Waals surface area (Å²) in [4.78, 5) is 21.9. The highest BCUT2D eigenvalue weighted by molar-refractivity contribution is 5.97. The first-order chi connectivity index (χ1) is 16.0. The van der Waals surface area contributed by atoms with Crippen molar-refractivity contribution in [3.05, 3.63) is 58.8 Å². The Labute approximate surface area is 198 Å². The Bertz CT molecular complexity index is 1150. The molecule has 194 valence electrons. The second-order valence-electron chi connectivity index (χ2n) is 8.94. The molecule has 2 rings (SSSR count). The Balaban J connectivity index is 2.62. The third-order valence-corrected chi connectivity index (χ3v) is 5.11. The molecule has 35 heavy (non-hydrogen) atoms. The highest BCUT2D eigenvalue weighted by atomic mass is 19.4. The SMILES string of the molecule is C=C(NOc1ccc(C(F)(F)F)cc1C(=O)N=c1cc(C(C)(C)C)n(C)n1CCCC)C(F)(F)F. The molecule has 0 bridgehead atoms. The maximum atomic E-state index is 13.3. The minimum atomic E-state index is -4.86. The van der Waals surface area contributed by atoms with Gasteiger partial charge in [-0.2, -0.15) is 31.3 Å². The molecule has 0 fully saturated rings. The van der Waals surface area contributed by atoms with Crippen molar-refractivity contribution in [2.75, 3.05) is 0 Å². The van der Waals surface area contributed by atoms with Gasteiger partial charge in [0.1, 0.15) is 5.70 Å². The summed E-state index contributed by atoms with van der Waals surface area (Å²) in [6, 6.07) is 3.49. The van der Waals surface area contributed by atoms with Gasteiger partial charge in [-0.3, -0.25) is 14.2 Å². The van der Waals surface area contributed by atoms with E-state index in [-0.39, 0.29) is 10.9 Å². The van der Waals surface area contributed by atoms with Gasteiger partial charge in [0, 0.05) is 30.8 Å². The summed E-state index contributed by atoms with van der Waals surface area (Å²) >= 11 is 0. The zero-order chi connectivity index (χ0) is 26.8. The molecule has 0 aliphatic carbocycles. The van der Waals surface area contributed by atoms with Crippen LogP contribution in [0.15, 0.2) is 41.5 Å². The van der Waals surface area contributed by atoms with Crippen molar-refractivity contribution in [1.82, 2.24) is 14.8 Å². The van der Waals surface area contributed by atoms with Gasteiger partial charge in [0.05, 0.1) is 11.1 Å². The summed E-state index contributed by atoms with van der Waals surface area (Å²) in [6.45, 7) is 11.1. The number of carbonyl (C=O) groups is 1. The van der Waals surface area contributed by atoms with Gasteiger partial charge in [0.15, 0.2) is 11.2 Å². The summed E-state index contributed by atoms with van der Waals surface area (Å²) < 4.78 is 81.5. The fourth-order valence-electron chi connectivity index (χ4n) is 3.24. The largest absolute Gasteiger partial charge is 0.433 e. The van der Waals surface area contributed by atoms with Gasteiger partial charge >= 0.3 is 12.4 Å². The normalized spacial score (nSPS) is 13.2. The van der Waals surface area contributed by atoms with Crippen LogP contribution in [0.1, 0.15) is 62.2 Å². The van der Waals surface area contributed by atoms with Crippen molar-refractivity contribution in [3.8, 4) is 5.75 Å². The third-order valence-electron chi connectivity index (χ3n) is 5.11. The van der Waals surface area contributed by atoms with Crippen molar-refractivity contribution >= 4 is 5.91 Å². The number of hydroxylamine groups is 1. The van der Waals surface area contributed by atoms with Crippen LogP contribution in [0.3, 0.4) is 0 Å². The number of nitrogens with one attached hydrogen (secondary N) is 1. The molecule has 0 atom stereocenters. The number of hydrogen-bond donors (Lipinski definition) is 1. The molecule has 0 aliphatic heterocycles. The highest BCUT2D eigenvalue weighted by Crippen LogP contribution is 2.33. The monoisotopic (exact) mass is 506 g/mol. The summed E-state index contributed by atoms with van der Waals surface area (Å²) in [5, 5.41) is 0. The fraction of sp³-hybridized carbons (Fsp3) is 0.478. The molecule has 1 amide bonds. The van der Waals surface area contributed by atoms with E-state index in [0.29, 0.717) is 18.7 Å². The second kappa shape index (κ2) is 10.2. The van der Waals surface area contributed by atoms with E-state index in [0.717, 1.165) is 24.6 Å². The van der Waals surface area contributed by atoms with Crippen molar-refractivity contribution in [2.45, 2.75) is 64.8 Å². The number of aromatic nitrogens is 2. The van der Waals surface area contributed by atoms with Crippen LogP contribution in [0.4, 0.5) is 26.3 Å². The van der Waals surface area contributed by atoms with E-state index in [1.807, 2.05) is 32.4 Å². The number of allylic oxidation sites excluding steroid dienone is 1. The summed E-state index contributed by atoms with van der Waals surface area (Å²) in [6.07, 6.45) is -8.07. The Morgan fingerprint density at radius 3 is 2.26 bits per heavy atom. The van der Waals surface area contributed by atoms with E-state index in [2.05, 4.69) is 11.6 Å². The predicted octanol–water partition coefficient (Wildman–Crippen LogP) is 5.64. The molecule has 0 radical (unpaired) electrons. The topological polar surface area (TPSA) is 60.5 Å². The minimum Gasteiger partial charge on any atom is -0.381 e. The summed E-state index contributed by atoms with van der Waals surface area (Å²) in [7, 11) is 1.78. The number of nitrogens with zero attached hydrogens (tertiary/aromatic N) is 3. The Morgan fingerprint density at radius 1 is 1.11 bits per heavy atom. The van der Waals surface area contributed by atoms with Gasteiger partial charge in [-0.05, 0) is 24.6 Å². The third kappa shape index (κ3) is 6.92. The molecule has 0 saturated heterocycles. The quantitative estimate of drug-likeness (QED) is 0.390. The van der Waals surface area contributed by atoms with Gasteiger partial charge in [0.2, 0.25) is 0 Å². The Kier molecular flexibility index (Phi) is 8.18. The molecule has 0 unspecified atom stereocenters. The van der Waals surface area contributed by atoms with Crippen LogP contribution in [0, 0.1) is 0 Å². The van der Waals surface area contributed by atoms with Crippen molar-refractivity contribution < 1.29 is 36.0 Å². The number of amides is 1. The summed E-state index contributed by atoms with van der Waals surface area (Å²) in [5.74, 6) is -1.67. The molecule has 1 aromatic heterocycles. The van der Waals surface area contributed by atoms with Crippen molar-refractivity contribution in [1.29, 1.82) is 0 Å². The van der Waals surface area contributed by atoms with Gasteiger partial charge in [0.25, 0.3) is 5.91 Å². The van der Waals surface area contributed by atoms with E-state index >= 15 is 0 Å². The van der Waals surface area contributed by atoms with Crippen LogP contribution in [0.25, 0.3) is 0 Å². The number of alkyl halides is 6. The lowest BCUT2D eigenvalue weighted by Gasteiger charge is -2.20. The number of carbonyl (C=O) groups excluding carboxylic acids is 1. The first kappa shape index (κ1) is 28.1. The number of benzene rings is 1. The smallest absolute Gasteiger partial charge is 0.381 e. The van der Waals surface area contributed by atoms with Crippen LogP contribution < -0.4 is 15.8 Å². The zero-order valence-electron chi connectivity index (χ0n) is 20.1.